The molecule has 34 heavy (non-hydrogen) atoms. The van der Waals surface area contributed by atoms with Crippen LogP contribution in [0.3, 0.4) is 0 Å². The Balaban J connectivity index is 1.41. The molecule has 5 rings (SSSR count). The number of pyridine rings is 1. The van der Waals surface area contributed by atoms with Crippen LogP contribution >= 0.6 is 0 Å². The molecule has 3 aromatic heterocycles. The Hall–Kier alpha value is -2.82. The van der Waals surface area contributed by atoms with Crippen LogP contribution in [0.1, 0.15) is 24.6 Å². The number of ether oxygens (including phenoxy) is 2. The molecule has 9 nitrogen and oxygen atoms in total. The first-order valence-electron chi connectivity index (χ1n) is 11.8. The first-order valence-corrected chi connectivity index (χ1v) is 11.8. The maximum Gasteiger partial charge on any atom is 0.250 e. The van der Waals surface area contributed by atoms with Crippen LogP contribution in [0.25, 0.3) is 16.9 Å². The number of halogens is 1. The molecule has 1 saturated heterocycles. The number of aromatic nitrogens is 5. The van der Waals surface area contributed by atoms with Gasteiger partial charge in [-0.2, -0.15) is 10.2 Å². The van der Waals surface area contributed by atoms with E-state index in [1.54, 1.807) is 10.9 Å². The Morgan fingerprint density at radius 2 is 2.15 bits per heavy atom. The van der Waals surface area contributed by atoms with E-state index in [2.05, 4.69) is 15.0 Å². The molecule has 10 heteroatoms. The molecule has 0 amide bonds. The lowest BCUT2D eigenvalue weighted by Gasteiger charge is -2.17. The monoisotopic (exact) mass is 470 g/mol. The van der Waals surface area contributed by atoms with Crippen LogP contribution in [0, 0.1) is 11.7 Å². The molecule has 1 fully saturated rings. The molecule has 2 aliphatic heterocycles. The van der Waals surface area contributed by atoms with Crippen molar-refractivity contribution in [2.45, 2.75) is 38.8 Å². The van der Waals surface area contributed by atoms with Crippen molar-refractivity contribution in [3.05, 3.63) is 41.7 Å². The van der Waals surface area contributed by atoms with Gasteiger partial charge in [0.05, 0.1) is 55.9 Å². The molecule has 5 heterocycles. The zero-order valence-corrected chi connectivity index (χ0v) is 19.7. The minimum Gasteiger partial charge on any atom is -0.479 e. The second kappa shape index (κ2) is 9.81. The summed E-state index contributed by atoms with van der Waals surface area (Å²) in [4.78, 5) is 6.40. The molecule has 0 aromatic carbocycles. The summed E-state index contributed by atoms with van der Waals surface area (Å²) in [5.74, 6) is -0.0571. The number of likely N-dealkylation sites (tertiary alicyclic amines) is 1. The number of aliphatic hydroxyl groups is 1. The van der Waals surface area contributed by atoms with Crippen LogP contribution in [0.4, 0.5) is 4.39 Å². The van der Waals surface area contributed by atoms with Crippen LogP contribution in [-0.2, 0) is 24.1 Å². The number of fused-ring (bicyclic) bond motifs is 1. The molecule has 0 saturated carbocycles. The van der Waals surface area contributed by atoms with Crippen molar-refractivity contribution in [2.24, 2.45) is 5.92 Å². The van der Waals surface area contributed by atoms with E-state index in [1.165, 1.54) is 13.2 Å². The average Bonchev–Trinajstić information content (AvgIpc) is 3.49. The normalized spacial score (nSPS) is 19.7. The molecule has 0 bridgehead atoms. The smallest absolute Gasteiger partial charge is 0.250 e. The van der Waals surface area contributed by atoms with Gasteiger partial charge in [0.25, 0.3) is 0 Å². The second-order valence-corrected chi connectivity index (χ2v) is 9.20. The van der Waals surface area contributed by atoms with Gasteiger partial charge in [-0.15, -0.1) is 0 Å². The highest BCUT2D eigenvalue weighted by Gasteiger charge is 2.26. The van der Waals surface area contributed by atoms with E-state index in [1.807, 2.05) is 24.0 Å². The first-order chi connectivity index (χ1) is 16.5. The molecule has 0 spiro atoms. The highest BCUT2D eigenvalue weighted by molar-refractivity contribution is 5.64. The summed E-state index contributed by atoms with van der Waals surface area (Å²) in [6, 6.07) is 1.40. The minimum atomic E-state index is -0.523. The number of hydrogen-bond donors (Lipinski definition) is 1. The summed E-state index contributed by atoms with van der Waals surface area (Å²) in [7, 11) is 1.40. The zero-order chi connectivity index (χ0) is 23.7. The Morgan fingerprint density at radius 3 is 2.94 bits per heavy atom. The van der Waals surface area contributed by atoms with Crippen LogP contribution in [0.2, 0.25) is 0 Å². The van der Waals surface area contributed by atoms with Crippen molar-refractivity contribution >= 4 is 0 Å². The van der Waals surface area contributed by atoms with Gasteiger partial charge >= 0.3 is 0 Å². The third-order valence-corrected chi connectivity index (χ3v) is 6.54. The molecule has 3 aromatic rings. The fourth-order valence-corrected chi connectivity index (χ4v) is 5.03. The number of β-amino-alcohol motifs (C(OH)–C–C–N with tert-alkyl or cyclic N) is 1. The molecular weight excluding hydrogens is 439 g/mol. The van der Waals surface area contributed by atoms with E-state index in [4.69, 9.17) is 14.6 Å². The van der Waals surface area contributed by atoms with Gasteiger partial charge in [0.15, 0.2) is 5.82 Å². The Kier molecular flexibility index (Phi) is 6.62. The van der Waals surface area contributed by atoms with E-state index >= 15 is 0 Å². The summed E-state index contributed by atoms with van der Waals surface area (Å²) < 4.78 is 28.8. The van der Waals surface area contributed by atoms with Crippen LogP contribution < -0.4 is 4.74 Å². The molecule has 0 aliphatic carbocycles. The fraction of sp³-hybridized carbons (Fsp3) is 0.542. The van der Waals surface area contributed by atoms with Crippen molar-refractivity contribution < 1.29 is 19.0 Å². The Morgan fingerprint density at radius 1 is 1.29 bits per heavy atom. The molecular formula is C24H31FN6O3. The predicted octanol–water partition coefficient (Wildman–Crippen LogP) is 2.10. The number of rotatable bonds is 7. The molecule has 0 unspecified atom stereocenters. The molecule has 0 radical (unpaired) electrons. The number of aliphatic hydroxyl groups excluding tert-OH is 1. The van der Waals surface area contributed by atoms with Crippen LogP contribution in [-0.4, -0.2) is 80.6 Å². The van der Waals surface area contributed by atoms with Gasteiger partial charge in [0.2, 0.25) is 5.88 Å². The molecule has 2 aliphatic rings. The molecule has 1 N–H and O–H groups in total. The lowest BCUT2D eigenvalue weighted by Crippen LogP contribution is -2.29. The molecule has 182 valence electrons. The van der Waals surface area contributed by atoms with Gasteiger partial charge in [-0.3, -0.25) is 4.68 Å². The van der Waals surface area contributed by atoms with E-state index in [9.17, 15) is 9.50 Å². The summed E-state index contributed by atoms with van der Waals surface area (Å²) in [6.07, 6.45) is 7.69. The summed E-state index contributed by atoms with van der Waals surface area (Å²) in [5, 5.41) is 19.2. The quantitative estimate of drug-likeness (QED) is 0.566. The second-order valence-electron chi connectivity index (χ2n) is 9.20. The van der Waals surface area contributed by atoms with Crippen LogP contribution in [0.15, 0.2) is 24.7 Å². The number of methoxy groups -OCH3 is 1. The largest absolute Gasteiger partial charge is 0.479 e. The van der Waals surface area contributed by atoms with Crippen molar-refractivity contribution in [1.29, 1.82) is 0 Å². The third-order valence-electron chi connectivity index (χ3n) is 6.54. The lowest BCUT2D eigenvalue weighted by molar-refractivity contribution is 0.138. The van der Waals surface area contributed by atoms with Crippen molar-refractivity contribution in [3.63, 3.8) is 0 Å². The van der Waals surface area contributed by atoms with Crippen LogP contribution in [0.5, 0.6) is 5.88 Å². The highest BCUT2D eigenvalue weighted by Crippen LogP contribution is 2.31. The fourth-order valence-electron chi connectivity index (χ4n) is 5.03. The third kappa shape index (κ3) is 4.70. The molecule has 2 atom stereocenters. The lowest BCUT2D eigenvalue weighted by atomic mass is 10.0. The maximum absolute atomic E-state index is 14.4. The van der Waals surface area contributed by atoms with Gasteiger partial charge < -0.3 is 19.5 Å². The number of hydrogen-bond acceptors (Lipinski definition) is 7. The number of nitrogens with zero attached hydrogens (tertiary/aromatic N) is 6. The minimum absolute atomic E-state index is 0.0363. The van der Waals surface area contributed by atoms with E-state index < -0.39 is 5.82 Å². The van der Waals surface area contributed by atoms with Gasteiger partial charge in [-0.05, 0) is 32.2 Å². The average molecular weight is 471 g/mol. The van der Waals surface area contributed by atoms with Gasteiger partial charge in [0, 0.05) is 49.4 Å². The van der Waals surface area contributed by atoms with Gasteiger partial charge in [-0.1, -0.05) is 0 Å². The Labute approximate surface area is 198 Å². The van der Waals surface area contributed by atoms with Gasteiger partial charge in [-0.25, -0.2) is 14.1 Å². The highest BCUT2D eigenvalue weighted by atomic mass is 19.1. The maximum atomic E-state index is 14.4. The topological polar surface area (TPSA) is 90.5 Å². The standard InChI is InChI=1S/C24H31FN6O3/c1-16(32)12-29-6-3-17(13-29)14-30-15-18(10-27-30)23-20-4-7-34-8-5-22(20)31(28-23)19-9-21(25)24(33-2)26-11-19/h9-11,15-17,32H,3-8,12-14H2,1-2H3/t16-,17-/m0/s1. The van der Waals surface area contributed by atoms with E-state index in [0.29, 0.717) is 37.8 Å². The summed E-state index contributed by atoms with van der Waals surface area (Å²) in [5.41, 5.74) is 4.47. The predicted molar refractivity (Wildman–Crippen MR) is 124 cm³/mol. The SMILES string of the molecule is COc1ncc(-n2nc(-c3cnn(C[C@H]4CCN(C[C@H](C)O)C4)c3)c3c2CCOCC3)cc1F. The zero-order valence-electron chi connectivity index (χ0n) is 19.7. The van der Waals surface area contributed by atoms with E-state index in [-0.39, 0.29) is 12.0 Å². The van der Waals surface area contributed by atoms with Crippen molar-refractivity contribution in [1.82, 2.24) is 29.4 Å². The van der Waals surface area contributed by atoms with Crippen molar-refractivity contribution in [2.75, 3.05) is 40.0 Å². The first kappa shape index (κ1) is 22.9. The summed E-state index contributed by atoms with van der Waals surface area (Å²) >= 11 is 0. The van der Waals surface area contributed by atoms with E-state index in [0.717, 1.165) is 55.0 Å². The van der Waals surface area contributed by atoms with Crippen molar-refractivity contribution in [3.8, 4) is 22.8 Å². The Bertz CT molecular complexity index is 1140. The van der Waals surface area contributed by atoms with Gasteiger partial charge in [0.1, 0.15) is 0 Å². The summed E-state index contributed by atoms with van der Waals surface area (Å²) in [6.45, 7) is 6.57.